The summed E-state index contributed by atoms with van der Waals surface area (Å²) in [6, 6.07) is 37.3. The van der Waals surface area contributed by atoms with Gasteiger partial charge in [-0.25, -0.2) is 4.79 Å². The van der Waals surface area contributed by atoms with Crippen LogP contribution in [0.2, 0.25) is 0 Å². The van der Waals surface area contributed by atoms with E-state index in [2.05, 4.69) is 0 Å². The molecule has 11 heteroatoms. The van der Waals surface area contributed by atoms with Gasteiger partial charge in [0.05, 0.1) is 32.0 Å². The second-order valence-corrected chi connectivity index (χ2v) is 13.0. The fourth-order valence-corrected chi connectivity index (χ4v) is 5.11. The van der Waals surface area contributed by atoms with E-state index in [1.165, 1.54) is 0 Å². The Hall–Kier alpha value is -3.47. The number of rotatable bonds is 13. The van der Waals surface area contributed by atoms with E-state index in [1.807, 2.05) is 91.0 Å². The average Bonchev–Trinajstić information content (AvgIpc) is 3.09. The molecule has 1 aliphatic rings. The molecule has 1 N–H and O–H groups in total. The van der Waals surface area contributed by atoms with E-state index in [-0.39, 0.29) is 19.8 Å². The van der Waals surface area contributed by atoms with E-state index >= 15 is 0 Å². The predicted molar refractivity (Wildman–Crippen MR) is 180 cm³/mol. The van der Waals surface area contributed by atoms with E-state index in [0.717, 1.165) is 16.7 Å². The maximum Gasteiger partial charge on any atom is 0.338 e. The molecule has 0 aliphatic carbocycles. The molecule has 47 heavy (non-hydrogen) atoms. The highest BCUT2D eigenvalue weighted by Gasteiger charge is 2.52. The number of carbonyl (C=O) groups excluding carboxylic acids is 1. The Morgan fingerprint density at radius 2 is 1.11 bits per heavy atom. The molecule has 246 valence electrons. The van der Waals surface area contributed by atoms with Crippen molar-refractivity contribution in [2.75, 3.05) is 6.61 Å². The smallest absolute Gasteiger partial charge is 0.338 e. The Morgan fingerprint density at radius 3 is 1.62 bits per heavy atom. The first-order valence-electron chi connectivity index (χ1n) is 14.9. The Balaban J connectivity index is 1.49. The quantitative estimate of drug-likeness (QED) is 0.0662. The summed E-state index contributed by atoms with van der Waals surface area (Å²) >= 11 is 18.0. The summed E-state index contributed by atoms with van der Waals surface area (Å²) in [6.45, 7) is 0.676. The van der Waals surface area contributed by atoms with Crippen molar-refractivity contribution in [1.29, 1.82) is 5.41 Å². The van der Waals surface area contributed by atoms with Crippen LogP contribution in [0.3, 0.4) is 0 Å². The molecule has 1 aliphatic heterocycles. The Bertz CT molecular complexity index is 1540. The lowest BCUT2D eigenvalue weighted by Gasteiger charge is -2.45. The number of carbonyl (C=O) groups is 1. The number of nitrogens with one attached hydrogen (secondary N) is 1. The van der Waals surface area contributed by atoms with Crippen LogP contribution in [-0.2, 0) is 48.2 Å². The number of ether oxygens (including phenoxy) is 6. The van der Waals surface area contributed by atoms with E-state index in [9.17, 15) is 4.79 Å². The van der Waals surface area contributed by atoms with Gasteiger partial charge in [-0.1, -0.05) is 144 Å². The van der Waals surface area contributed by atoms with Gasteiger partial charge >= 0.3 is 5.97 Å². The Labute approximate surface area is 288 Å². The van der Waals surface area contributed by atoms with Crippen LogP contribution in [0.25, 0.3) is 0 Å². The highest BCUT2D eigenvalue weighted by molar-refractivity contribution is 6.76. The first kappa shape index (κ1) is 34.9. The van der Waals surface area contributed by atoms with Gasteiger partial charge in [-0.05, 0) is 28.8 Å². The summed E-state index contributed by atoms with van der Waals surface area (Å²) in [5.74, 6) is -1.38. The molecule has 0 spiro atoms. The van der Waals surface area contributed by atoms with Crippen molar-refractivity contribution >= 4 is 46.7 Å². The predicted octanol–water partition coefficient (Wildman–Crippen LogP) is 7.69. The molecule has 1 fully saturated rings. The third kappa shape index (κ3) is 10.3. The molecule has 1 saturated heterocycles. The third-order valence-corrected chi connectivity index (χ3v) is 7.81. The number of hydrogen-bond donors (Lipinski definition) is 1. The molecular formula is C36H34Cl3NO7. The zero-order valence-corrected chi connectivity index (χ0v) is 27.5. The summed E-state index contributed by atoms with van der Waals surface area (Å²) in [6.07, 6.45) is -5.30. The van der Waals surface area contributed by atoms with Crippen LogP contribution < -0.4 is 0 Å². The Morgan fingerprint density at radius 1 is 0.638 bits per heavy atom. The maximum absolute atomic E-state index is 13.5. The van der Waals surface area contributed by atoms with Gasteiger partial charge in [0.2, 0.25) is 12.2 Å². The molecule has 0 amide bonds. The van der Waals surface area contributed by atoms with E-state index in [1.54, 1.807) is 30.3 Å². The standard InChI is InChI=1S/C36H34Cl3NO7/c37-36(38,39)35(40)47-34-32(46-33(41)28-19-11-4-12-20-28)31(44-23-27-17-9-3-10-18-27)30(43-22-26-15-7-2-8-16-26)29(45-34)24-42-21-25-13-5-1-6-14-25/h1-20,29-32,34,40H,21-24H2/t29-,30+,31+,32-,34+/m1/s1. The zero-order chi connectivity index (χ0) is 33.1. The molecular weight excluding hydrogens is 665 g/mol. The zero-order valence-electron chi connectivity index (χ0n) is 25.3. The van der Waals surface area contributed by atoms with Gasteiger partial charge in [0.1, 0.15) is 18.3 Å². The molecule has 8 nitrogen and oxygen atoms in total. The summed E-state index contributed by atoms with van der Waals surface area (Å²) in [5.41, 5.74) is 3.03. The van der Waals surface area contributed by atoms with Crippen molar-refractivity contribution in [3.8, 4) is 0 Å². The van der Waals surface area contributed by atoms with Crippen molar-refractivity contribution < 1.29 is 33.2 Å². The van der Waals surface area contributed by atoms with Crippen molar-refractivity contribution in [2.45, 2.75) is 54.3 Å². The number of hydrogen-bond acceptors (Lipinski definition) is 8. The lowest BCUT2D eigenvalue weighted by atomic mass is 9.97. The summed E-state index contributed by atoms with van der Waals surface area (Å²) in [4.78, 5) is 13.5. The SMILES string of the molecule is N=C(O[C@@H]1O[C@H](COCc2ccccc2)[C@H](OCc2ccccc2)[C@H](OCc2ccccc2)[C@H]1OC(=O)c1ccccc1)C(Cl)(Cl)Cl. The lowest BCUT2D eigenvalue weighted by molar-refractivity contribution is -0.302. The second kappa shape index (κ2) is 17.1. The summed E-state index contributed by atoms with van der Waals surface area (Å²) in [5, 5.41) is 8.33. The van der Waals surface area contributed by atoms with Gasteiger partial charge in [-0.3, -0.25) is 5.41 Å². The molecule has 0 unspecified atom stereocenters. The number of halogens is 3. The molecule has 5 rings (SSSR count). The van der Waals surface area contributed by atoms with Gasteiger partial charge in [-0.15, -0.1) is 0 Å². The van der Waals surface area contributed by atoms with Crippen molar-refractivity contribution in [1.82, 2.24) is 0 Å². The van der Waals surface area contributed by atoms with Crippen molar-refractivity contribution in [3.05, 3.63) is 144 Å². The summed E-state index contributed by atoms with van der Waals surface area (Å²) < 4.78 is 35.1. The summed E-state index contributed by atoms with van der Waals surface area (Å²) in [7, 11) is 0. The molecule has 0 saturated carbocycles. The van der Waals surface area contributed by atoms with Crippen LogP contribution in [0.15, 0.2) is 121 Å². The highest BCUT2D eigenvalue weighted by Crippen LogP contribution is 2.34. The average molecular weight is 699 g/mol. The van der Waals surface area contributed by atoms with Crippen LogP contribution in [0.5, 0.6) is 0 Å². The van der Waals surface area contributed by atoms with Gasteiger partial charge in [0, 0.05) is 0 Å². The maximum atomic E-state index is 13.5. The number of alkyl halides is 3. The number of benzene rings is 4. The third-order valence-electron chi connectivity index (χ3n) is 7.30. The molecule has 0 bridgehead atoms. The molecule has 1 heterocycles. The fraction of sp³-hybridized carbons (Fsp3) is 0.278. The van der Waals surface area contributed by atoms with Crippen LogP contribution in [0, 0.1) is 5.41 Å². The molecule has 0 radical (unpaired) electrons. The topological polar surface area (TPSA) is 96.3 Å². The number of esters is 1. The molecule has 0 aromatic heterocycles. The minimum atomic E-state index is -2.21. The van der Waals surface area contributed by atoms with E-state index in [0.29, 0.717) is 12.2 Å². The van der Waals surface area contributed by atoms with Crippen LogP contribution >= 0.6 is 34.8 Å². The molecule has 4 aromatic rings. The van der Waals surface area contributed by atoms with Gasteiger partial charge < -0.3 is 28.4 Å². The first-order valence-corrected chi connectivity index (χ1v) is 16.1. The minimum Gasteiger partial charge on any atom is -0.449 e. The lowest BCUT2D eigenvalue weighted by Crippen LogP contribution is -2.62. The first-order chi connectivity index (χ1) is 22.8. The van der Waals surface area contributed by atoms with Crippen molar-refractivity contribution in [2.24, 2.45) is 0 Å². The largest absolute Gasteiger partial charge is 0.449 e. The minimum absolute atomic E-state index is 0.0415. The van der Waals surface area contributed by atoms with Crippen LogP contribution in [-0.4, -0.2) is 53.0 Å². The fourth-order valence-electron chi connectivity index (χ4n) is 4.97. The highest BCUT2D eigenvalue weighted by atomic mass is 35.6. The van der Waals surface area contributed by atoms with Gasteiger partial charge in [0.15, 0.2) is 6.10 Å². The molecule has 5 atom stereocenters. The normalized spacial score (nSPS) is 21.1. The van der Waals surface area contributed by atoms with Gasteiger partial charge in [0.25, 0.3) is 3.79 Å². The van der Waals surface area contributed by atoms with Crippen LogP contribution in [0.4, 0.5) is 0 Å². The monoisotopic (exact) mass is 697 g/mol. The van der Waals surface area contributed by atoms with E-state index in [4.69, 9.17) is 68.6 Å². The Kier molecular flexibility index (Phi) is 12.7. The van der Waals surface area contributed by atoms with Crippen molar-refractivity contribution in [3.63, 3.8) is 0 Å². The van der Waals surface area contributed by atoms with Crippen LogP contribution in [0.1, 0.15) is 27.0 Å². The van der Waals surface area contributed by atoms with E-state index < -0.39 is 46.4 Å². The van der Waals surface area contributed by atoms with Gasteiger partial charge in [-0.2, -0.15) is 0 Å². The molecule has 4 aromatic carbocycles. The second-order valence-electron chi connectivity index (χ2n) is 10.7.